The largest absolute Gasteiger partial charge is 0.450 e. The van der Waals surface area contributed by atoms with Gasteiger partial charge in [-0.05, 0) is 68.3 Å². The summed E-state index contributed by atoms with van der Waals surface area (Å²) >= 11 is 3.49. The maximum atomic E-state index is 11.8. The lowest BCUT2D eigenvalue weighted by atomic mass is 10.1. The van der Waals surface area contributed by atoms with Gasteiger partial charge < -0.3 is 4.74 Å². The van der Waals surface area contributed by atoms with E-state index in [9.17, 15) is 4.79 Å². The second-order valence-electron chi connectivity index (χ2n) is 6.30. The van der Waals surface area contributed by atoms with Gasteiger partial charge in [0.15, 0.2) is 5.78 Å². The van der Waals surface area contributed by atoms with Crippen LogP contribution in [0, 0.1) is 25.2 Å². The van der Waals surface area contributed by atoms with Crippen molar-refractivity contribution in [3.63, 3.8) is 0 Å². The van der Waals surface area contributed by atoms with Crippen LogP contribution in [-0.4, -0.2) is 18.3 Å². The number of anilines is 1. The Kier molecular flexibility index (Phi) is 5.43. The molecule has 1 aliphatic rings. The molecular formula is C21H18BrN3O2. The minimum absolute atomic E-state index is 0.0770. The Bertz CT molecular complexity index is 964. The number of aryl methyl sites for hydroxylation is 2. The molecule has 0 spiro atoms. The molecule has 0 radical (unpaired) electrons. The number of carbonyl (C=O) groups is 1. The number of nitrogens with zero attached hydrogens (tertiary/aromatic N) is 3. The first-order valence-electron chi connectivity index (χ1n) is 8.37. The average molecular weight is 424 g/mol. The first kappa shape index (κ1) is 18.9. The van der Waals surface area contributed by atoms with E-state index in [1.54, 1.807) is 23.2 Å². The molecule has 2 aromatic carbocycles. The first-order valence-corrected chi connectivity index (χ1v) is 9.16. The number of hydrogen-bond acceptors (Lipinski definition) is 5. The van der Waals surface area contributed by atoms with E-state index in [0.29, 0.717) is 11.1 Å². The maximum absolute atomic E-state index is 11.8. The van der Waals surface area contributed by atoms with E-state index in [4.69, 9.17) is 10.00 Å². The summed E-state index contributed by atoms with van der Waals surface area (Å²) in [6, 6.07) is 13.1. The van der Waals surface area contributed by atoms with Crippen molar-refractivity contribution in [1.29, 1.82) is 5.26 Å². The fourth-order valence-corrected chi connectivity index (χ4v) is 3.52. The van der Waals surface area contributed by atoms with Crippen molar-refractivity contribution in [3.8, 4) is 11.8 Å². The Hall–Kier alpha value is -2.91. The van der Waals surface area contributed by atoms with E-state index < -0.39 is 6.35 Å². The Labute approximate surface area is 166 Å². The van der Waals surface area contributed by atoms with Crippen molar-refractivity contribution in [2.24, 2.45) is 4.99 Å². The van der Waals surface area contributed by atoms with Gasteiger partial charge in [0, 0.05) is 22.6 Å². The fraction of sp³-hybridized carbons (Fsp3) is 0.190. The molecule has 1 aliphatic heterocycles. The molecule has 0 amide bonds. The number of carbonyl (C=O) groups excluding carboxylic acids is 1. The third-order valence-corrected chi connectivity index (χ3v) is 4.66. The number of Topliss-reactive ketones (excluding diaryl/α,β-unsaturated/α-hetero) is 1. The Morgan fingerprint density at radius 1 is 1.22 bits per heavy atom. The van der Waals surface area contributed by atoms with Gasteiger partial charge in [0.05, 0.1) is 17.2 Å². The topological polar surface area (TPSA) is 65.7 Å². The monoisotopic (exact) mass is 423 g/mol. The molecule has 3 rings (SSSR count). The minimum atomic E-state index is -0.653. The van der Waals surface area contributed by atoms with E-state index in [0.717, 1.165) is 27.0 Å². The quantitative estimate of drug-likeness (QED) is 0.716. The SMILES string of the molecule is CC(=O)C1=CN(c2ccc(C#N)cc2)C(Oc2c(C)cc(Br)cc2C)N=C1. The van der Waals surface area contributed by atoms with Crippen LogP contribution in [0.2, 0.25) is 0 Å². The molecule has 27 heavy (non-hydrogen) atoms. The Balaban J connectivity index is 1.99. The summed E-state index contributed by atoms with van der Waals surface area (Å²) in [6.45, 7) is 5.45. The van der Waals surface area contributed by atoms with Gasteiger partial charge in [-0.25, -0.2) is 4.99 Å². The van der Waals surface area contributed by atoms with Gasteiger partial charge in [0.1, 0.15) is 5.75 Å². The van der Waals surface area contributed by atoms with E-state index in [1.807, 2.05) is 38.1 Å². The number of ether oxygens (including phenoxy) is 1. The highest BCUT2D eigenvalue weighted by molar-refractivity contribution is 9.10. The Morgan fingerprint density at radius 3 is 2.41 bits per heavy atom. The molecule has 6 heteroatoms. The summed E-state index contributed by atoms with van der Waals surface area (Å²) in [4.78, 5) is 18.0. The number of nitriles is 1. The van der Waals surface area contributed by atoms with Crippen LogP contribution in [-0.2, 0) is 4.79 Å². The zero-order chi connectivity index (χ0) is 19.6. The van der Waals surface area contributed by atoms with Crippen LogP contribution in [0.4, 0.5) is 5.69 Å². The summed E-state index contributed by atoms with van der Waals surface area (Å²) in [5.41, 5.74) is 3.80. The summed E-state index contributed by atoms with van der Waals surface area (Å²) < 4.78 is 7.20. The first-order chi connectivity index (χ1) is 12.9. The molecule has 1 atom stereocenters. The van der Waals surface area contributed by atoms with Gasteiger partial charge in [-0.1, -0.05) is 15.9 Å². The van der Waals surface area contributed by atoms with E-state index in [1.165, 1.54) is 13.1 Å². The van der Waals surface area contributed by atoms with E-state index in [-0.39, 0.29) is 5.78 Å². The highest BCUT2D eigenvalue weighted by Crippen LogP contribution is 2.31. The summed E-state index contributed by atoms with van der Waals surface area (Å²) in [6.07, 6.45) is 2.61. The van der Waals surface area contributed by atoms with Gasteiger partial charge in [-0.2, -0.15) is 5.26 Å². The Morgan fingerprint density at radius 2 is 1.85 bits per heavy atom. The van der Waals surface area contributed by atoms with E-state index in [2.05, 4.69) is 27.0 Å². The maximum Gasteiger partial charge on any atom is 0.274 e. The van der Waals surface area contributed by atoms with Crippen LogP contribution in [0.25, 0.3) is 0 Å². The lowest BCUT2D eigenvalue weighted by molar-refractivity contribution is -0.113. The normalized spacial score (nSPS) is 15.9. The van der Waals surface area contributed by atoms with Gasteiger partial charge in [0.2, 0.25) is 0 Å². The molecule has 0 bridgehead atoms. The van der Waals surface area contributed by atoms with E-state index >= 15 is 0 Å². The highest BCUT2D eigenvalue weighted by Gasteiger charge is 2.24. The molecule has 1 unspecified atom stereocenters. The van der Waals surface area contributed by atoms with Gasteiger partial charge >= 0.3 is 0 Å². The van der Waals surface area contributed by atoms with Gasteiger partial charge in [-0.15, -0.1) is 0 Å². The minimum Gasteiger partial charge on any atom is -0.450 e. The van der Waals surface area contributed by atoms with Crippen molar-refractivity contribution < 1.29 is 9.53 Å². The molecule has 0 saturated heterocycles. The van der Waals surface area contributed by atoms with Crippen LogP contribution >= 0.6 is 15.9 Å². The molecule has 0 aromatic heterocycles. The molecule has 0 saturated carbocycles. The van der Waals surface area contributed by atoms with Crippen molar-refractivity contribution in [3.05, 3.63) is 69.3 Å². The number of rotatable bonds is 4. The zero-order valence-corrected chi connectivity index (χ0v) is 16.8. The zero-order valence-electron chi connectivity index (χ0n) is 15.2. The summed E-state index contributed by atoms with van der Waals surface area (Å²) in [5, 5.41) is 9.01. The number of aliphatic imine (C=N–C) groups is 1. The summed E-state index contributed by atoms with van der Waals surface area (Å²) in [7, 11) is 0. The lowest BCUT2D eigenvalue weighted by Crippen LogP contribution is -2.38. The van der Waals surface area contributed by atoms with Crippen LogP contribution in [0.5, 0.6) is 5.75 Å². The smallest absolute Gasteiger partial charge is 0.274 e. The van der Waals surface area contributed by atoms with Crippen molar-refractivity contribution in [2.45, 2.75) is 27.1 Å². The predicted octanol–water partition coefficient (Wildman–Crippen LogP) is 4.66. The van der Waals surface area contributed by atoms with Gasteiger partial charge in [-0.3, -0.25) is 9.69 Å². The highest BCUT2D eigenvalue weighted by atomic mass is 79.9. The average Bonchev–Trinajstić information content (AvgIpc) is 2.64. The number of allylic oxidation sites excluding steroid dienone is 1. The lowest BCUT2D eigenvalue weighted by Gasteiger charge is -2.31. The second kappa shape index (κ2) is 7.77. The standard InChI is InChI=1S/C21H18BrN3O2/c1-13-8-18(22)9-14(2)20(13)27-21-24-11-17(15(3)26)12-25(21)19-6-4-16(10-23)5-7-19/h4-9,11-12,21H,1-3H3. The van der Waals surface area contributed by atoms with Crippen LogP contribution in [0.15, 0.2) is 57.6 Å². The summed E-state index contributed by atoms with van der Waals surface area (Å²) in [5.74, 6) is 0.672. The molecule has 0 fully saturated rings. The van der Waals surface area contributed by atoms with Crippen molar-refractivity contribution in [1.82, 2.24) is 0 Å². The fourth-order valence-electron chi connectivity index (χ4n) is 2.83. The van der Waals surface area contributed by atoms with Gasteiger partial charge in [0.25, 0.3) is 6.35 Å². The van der Waals surface area contributed by atoms with Crippen molar-refractivity contribution >= 4 is 33.6 Å². The molecular weight excluding hydrogens is 406 g/mol. The van der Waals surface area contributed by atoms with Crippen LogP contribution in [0.3, 0.4) is 0 Å². The number of hydrogen-bond donors (Lipinski definition) is 0. The third kappa shape index (κ3) is 4.09. The molecule has 0 aliphatic carbocycles. The molecule has 0 N–H and O–H groups in total. The van der Waals surface area contributed by atoms with Crippen LogP contribution < -0.4 is 9.64 Å². The second-order valence-corrected chi connectivity index (χ2v) is 7.21. The molecule has 2 aromatic rings. The van der Waals surface area contributed by atoms with Crippen molar-refractivity contribution in [2.75, 3.05) is 4.90 Å². The molecule has 136 valence electrons. The predicted molar refractivity (Wildman–Crippen MR) is 109 cm³/mol. The third-order valence-electron chi connectivity index (χ3n) is 4.21. The number of ketones is 1. The molecule has 1 heterocycles. The number of benzene rings is 2. The van der Waals surface area contributed by atoms with Crippen LogP contribution in [0.1, 0.15) is 23.6 Å². The molecule has 5 nitrogen and oxygen atoms in total. The number of halogens is 1.